The Balaban J connectivity index is 2.13. The maximum Gasteiger partial charge on any atom is 0.119 e. The first-order chi connectivity index (χ1) is 7.29. The fraction of sp³-hybridized carbons (Fsp3) is 0.538. The molecule has 15 heavy (non-hydrogen) atoms. The maximum atomic E-state index is 5.25. The minimum absolute atomic E-state index is 0.642. The predicted octanol–water partition coefficient (Wildman–Crippen LogP) is 2.41. The summed E-state index contributed by atoms with van der Waals surface area (Å²) >= 11 is 0. The minimum atomic E-state index is 0.642. The first-order valence-electron chi connectivity index (χ1n) is 5.64. The molecule has 1 aliphatic heterocycles. The van der Waals surface area contributed by atoms with Crippen LogP contribution in [0.4, 0.5) is 0 Å². The van der Waals surface area contributed by atoms with E-state index >= 15 is 0 Å². The van der Waals surface area contributed by atoms with Crippen molar-refractivity contribution in [2.24, 2.45) is 5.92 Å². The van der Waals surface area contributed by atoms with Gasteiger partial charge in [-0.15, -0.1) is 0 Å². The van der Waals surface area contributed by atoms with Crippen molar-refractivity contribution in [2.75, 3.05) is 20.2 Å². The molecule has 2 atom stereocenters. The van der Waals surface area contributed by atoms with Crippen LogP contribution in [0.25, 0.3) is 0 Å². The second kappa shape index (κ2) is 4.67. The van der Waals surface area contributed by atoms with Gasteiger partial charge in [-0.25, -0.2) is 0 Å². The van der Waals surface area contributed by atoms with E-state index in [1.165, 1.54) is 12.0 Å². The zero-order valence-electron chi connectivity index (χ0n) is 9.49. The van der Waals surface area contributed by atoms with E-state index in [1.807, 2.05) is 6.07 Å². The SMILES string of the molecule is COc1cccc(C2CNCC(C)C2)c1. The average molecular weight is 205 g/mol. The van der Waals surface area contributed by atoms with Gasteiger partial charge in [-0.1, -0.05) is 19.1 Å². The number of nitrogens with one attached hydrogen (secondary N) is 1. The van der Waals surface area contributed by atoms with E-state index in [9.17, 15) is 0 Å². The molecular weight excluding hydrogens is 186 g/mol. The largest absolute Gasteiger partial charge is 0.497 e. The van der Waals surface area contributed by atoms with E-state index in [1.54, 1.807) is 7.11 Å². The fourth-order valence-corrected chi connectivity index (χ4v) is 2.31. The molecule has 2 heteroatoms. The first kappa shape index (κ1) is 10.5. The number of hydrogen-bond donors (Lipinski definition) is 1. The number of piperidine rings is 1. The molecule has 0 aromatic heterocycles. The van der Waals surface area contributed by atoms with Crippen LogP contribution in [-0.2, 0) is 0 Å². The van der Waals surface area contributed by atoms with Crippen LogP contribution in [0.1, 0.15) is 24.8 Å². The van der Waals surface area contributed by atoms with Gasteiger partial charge in [0.1, 0.15) is 5.75 Å². The van der Waals surface area contributed by atoms with Crippen LogP contribution in [0.2, 0.25) is 0 Å². The van der Waals surface area contributed by atoms with Gasteiger partial charge in [0.05, 0.1) is 7.11 Å². The average Bonchev–Trinajstić information content (AvgIpc) is 2.29. The van der Waals surface area contributed by atoms with E-state index in [2.05, 4.69) is 30.4 Å². The van der Waals surface area contributed by atoms with Crippen molar-refractivity contribution in [1.29, 1.82) is 0 Å². The fourth-order valence-electron chi connectivity index (χ4n) is 2.31. The Labute approximate surface area is 91.6 Å². The topological polar surface area (TPSA) is 21.3 Å². The quantitative estimate of drug-likeness (QED) is 0.800. The number of methoxy groups -OCH3 is 1. The highest BCUT2D eigenvalue weighted by Gasteiger charge is 2.19. The Hall–Kier alpha value is -1.02. The van der Waals surface area contributed by atoms with E-state index in [0.717, 1.165) is 24.8 Å². The van der Waals surface area contributed by atoms with Crippen LogP contribution in [0, 0.1) is 5.92 Å². The normalized spacial score (nSPS) is 26.3. The molecule has 0 spiro atoms. The summed E-state index contributed by atoms with van der Waals surface area (Å²) in [5.41, 5.74) is 1.40. The number of ether oxygens (including phenoxy) is 1. The third-order valence-electron chi connectivity index (χ3n) is 3.14. The number of benzene rings is 1. The summed E-state index contributed by atoms with van der Waals surface area (Å²) in [5.74, 6) is 2.38. The molecule has 0 radical (unpaired) electrons. The van der Waals surface area contributed by atoms with Crippen LogP contribution in [0.3, 0.4) is 0 Å². The van der Waals surface area contributed by atoms with Crippen molar-refractivity contribution < 1.29 is 4.74 Å². The Bertz CT molecular complexity index is 324. The van der Waals surface area contributed by atoms with Gasteiger partial charge in [-0.2, -0.15) is 0 Å². The Morgan fingerprint density at radius 1 is 1.33 bits per heavy atom. The van der Waals surface area contributed by atoms with Gasteiger partial charge in [0.2, 0.25) is 0 Å². The monoisotopic (exact) mass is 205 g/mol. The predicted molar refractivity (Wildman–Crippen MR) is 62.4 cm³/mol. The van der Waals surface area contributed by atoms with Gasteiger partial charge in [0.25, 0.3) is 0 Å². The van der Waals surface area contributed by atoms with Crippen molar-refractivity contribution in [3.63, 3.8) is 0 Å². The van der Waals surface area contributed by atoms with Gasteiger partial charge in [0, 0.05) is 6.54 Å². The summed E-state index contributed by atoms with van der Waals surface area (Å²) in [6.07, 6.45) is 1.28. The summed E-state index contributed by atoms with van der Waals surface area (Å²) in [4.78, 5) is 0. The van der Waals surface area contributed by atoms with E-state index < -0.39 is 0 Å². The lowest BCUT2D eigenvalue weighted by atomic mass is 9.86. The third-order valence-corrected chi connectivity index (χ3v) is 3.14. The van der Waals surface area contributed by atoms with Gasteiger partial charge in [-0.05, 0) is 42.5 Å². The molecule has 1 aromatic carbocycles. The van der Waals surface area contributed by atoms with Crippen molar-refractivity contribution in [1.82, 2.24) is 5.32 Å². The summed E-state index contributed by atoms with van der Waals surface area (Å²) < 4.78 is 5.25. The molecule has 1 fully saturated rings. The number of hydrogen-bond acceptors (Lipinski definition) is 2. The van der Waals surface area contributed by atoms with Crippen molar-refractivity contribution in [2.45, 2.75) is 19.3 Å². The summed E-state index contributed by atoms with van der Waals surface area (Å²) in [7, 11) is 1.72. The zero-order valence-corrected chi connectivity index (χ0v) is 9.49. The number of rotatable bonds is 2. The van der Waals surface area contributed by atoms with Crippen LogP contribution >= 0.6 is 0 Å². The highest BCUT2D eigenvalue weighted by atomic mass is 16.5. The molecular formula is C13H19NO. The minimum Gasteiger partial charge on any atom is -0.497 e. The molecule has 1 heterocycles. The van der Waals surface area contributed by atoms with Gasteiger partial charge in [-0.3, -0.25) is 0 Å². The van der Waals surface area contributed by atoms with Crippen LogP contribution in [-0.4, -0.2) is 20.2 Å². The first-order valence-corrected chi connectivity index (χ1v) is 5.64. The highest BCUT2D eigenvalue weighted by molar-refractivity contribution is 5.31. The van der Waals surface area contributed by atoms with Gasteiger partial charge in [0.15, 0.2) is 0 Å². The molecule has 1 N–H and O–H groups in total. The van der Waals surface area contributed by atoms with E-state index in [-0.39, 0.29) is 0 Å². The molecule has 2 unspecified atom stereocenters. The molecule has 1 aromatic rings. The molecule has 2 nitrogen and oxygen atoms in total. The lowest BCUT2D eigenvalue weighted by Crippen LogP contribution is -2.33. The Kier molecular flexibility index (Phi) is 3.27. The molecule has 82 valence electrons. The zero-order chi connectivity index (χ0) is 10.7. The van der Waals surface area contributed by atoms with E-state index in [0.29, 0.717) is 5.92 Å². The maximum absolute atomic E-state index is 5.25. The van der Waals surface area contributed by atoms with E-state index in [4.69, 9.17) is 4.74 Å². The lowest BCUT2D eigenvalue weighted by molar-refractivity contribution is 0.362. The molecule has 0 aliphatic carbocycles. The second-order valence-electron chi connectivity index (χ2n) is 4.47. The molecule has 1 aliphatic rings. The molecule has 2 rings (SSSR count). The smallest absolute Gasteiger partial charge is 0.119 e. The molecule has 0 bridgehead atoms. The highest BCUT2D eigenvalue weighted by Crippen LogP contribution is 2.28. The van der Waals surface area contributed by atoms with Gasteiger partial charge < -0.3 is 10.1 Å². The Morgan fingerprint density at radius 3 is 2.93 bits per heavy atom. The van der Waals surface area contributed by atoms with Gasteiger partial charge >= 0.3 is 0 Å². The van der Waals surface area contributed by atoms with Crippen LogP contribution in [0.15, 0.2) is 24.3 Å². The lowest BCUT2D eigenvalue weighted by Gasteiger charge is -2.28. The molecule has 0 saturated carbocycles. The Morgan fingerprint density at radius 2 is 2.20 bits per heavy atom. The van der Waals surface area contributed by atoms with Crippen LogP contribution < -0.4 is 10.1 Å². The van der Waals surface area contributed by atoms with Crippen molar-refractivity contribution in [3.05, 3.63) is 29.8 Å². The van der Waals surface area contributed by atoms with Crippen LogP contribution in [0.5, 0.6) is 5.75 Å². The standard InChI is InChI=1S/C13H19NO/c1-10-6-12(9-14-8-10)11-4-3-5-13(7-11)15-2/h3-5,7,10,12,14H,6,8-9H2,1-2H3. The van der Waals surface area contributed by atoms with Crippen molar-refractivity contribution >= 4 is 0 Å². The summed E-state index contributed by atoms with van der Waals surface area (Å²) in [6, 6.07) is 8.44. The summed E-state index contributed by atoms with van der Waals surface area (Å²) in [6.45, 7) is 4.55. The second-order valence-corrected chi connectivity index (χ2v) is 4.47. The third kappa shape index (κ3) is 2.51. The molecule has 0 amide bonds. The van der Waals surface area contributed by atoms with Crippen molar-refractivity contribution in [3.8, 4) is 5.75 Å². The molecule has 1 saturated heterocycles. The summed E-state index contributed by atoms with van der Waals surface area (Å²) in [5, 5.41) is 3.48.